The Morgan fingerprint density at radius 1 is 1.09 bits per heavy atom. The number of hydrogen-bond acceptors (Lipinski definition) is 5. The minimum absolute atomic E-state index is 0.558. The minimum Gasteiger partial charge on any atom is -0.493 e. The van der Waals surface area contributed by atoms with E-state index in [2.05, 4.69) is 11.4 Å². The Bertz CT molecular complexity index is 693. The van der Waals surface area contributed by atoms with Gasteiger partial charge in [0.05, 0.1) is 37.2 Å². The van der Waals surface area contributed by atoms with Gasteiger partial charge in [0.25, 0.3) is 0 Å². The first kappa shape index (κ1) is 15.5. The highest BCUT2D eigenvalue weighted by molar-refractivity contribution is 5.68. The van der Waals surface area contributed by atoms with Gasteiger partial charge in [-0.25, -0.2) is 0 Å². The molecule has 0 atom stereocenters. The minimum atomic E-state index is 0.558. The summed E-state index contributed by atoms with van der Waals surface area (Å²) in [5, 5.41) is 12.1. The number of ether oxygens (including phenoxy) is 2. The highest BCUT2D eigenvalue weighted by Gasteiger charge is 2.05. The zero-order valence-electron chi connectivity index (χ0n) is 12.7. The fraction of sp³-hybridized carbons (Fsp3) is 0.235. The number of methoxy groups -OCH3 is 2. The summed E-state index contributed by atoms with van der Waals surface area (Å²) >= 11 is 0. The molecule has 2 rings (SSSR count). The first-order valence-electron chi connectivity index (χ1n) is 6.92. The number of nitrogen functional groups attached to an aromatic ring is 1. The second-order valence-corrected chi connectivity index (χ2v) is 4.78. The lowest BCUT2D eigenvalue weighted by Crippen LogP contribution is -2.07. The third kappa shape index (κ3) is 3.61. The summed E-state index contributed by atoms with van der Waals surface area (Å²) in [5.74, 6) is 1.44. The van der Waals surface area contributed by atoms with Crippen molar-refractivity contribution in [2.24, 2.45) is 0 Å². The van der Waals surface area contributed by atoms with E-state index in [1.165, 1.54) is 0 Å². The lowest BCUT2D eigenvalue weighted by Gasteiger charge is -2.11. The predicted molar refractivity (Wildman–Crippen MR) is 87.3 cm³/mol. The molecule has 5 nitrogen and oxygen atoms in total. The van der Waals surface area contributed by atoms with Gasteiger partial charge in [-0.05, 0) is 42.3 Å². The predicted octanol–water partition coefficient (Wildman–Crippen LogP) is 2.81. The summed E-state index contributed by atoms with van der Waals surface area (Å²) < 4.78 is 10.5. The van der Waals surface area contributed by atoms with E-state index >= 15 is 0 Å². The SMILES string of the molecule is COc1ccc(CCNc2ccc(C#N)cc2N)cc1OC. The summed E-state index contributed by atoms with van der Waals surface area (Å²) in [6.07, 6.45) is 0.819. The molecule has 0 aliphatic carbocycles. The molecular weight excluding hydrogens is 278 g/mol. The standard InChI is InChI=1S/C17H19N3O2/c1-21-16-6-4-12(10-17(16)22-2)7-8-20-15-5-3-13(11-18)9-14(15)19/h3-6,9-10,20H,7-8,19H2,1-2H3. The normalized spacial score (nSPS) is 9.86. The van der Waals surface area contributed by atoms with Crippen LogP contribution in [0.1, 0.15) is 11.1 Å². The lowest BCUT2D eigenvalue weighted by atomic mass is 10.1. The van der Waals surface area contributed by atoms with E-state index in [4.69, 9.17) is 20.5 Å². The van der Waals surface area contributed by atoms with Crippen LogP contribution in [0.3, 0.4) is 0 Å². The molecule has 0 aromatic heterocycles. The van der Waals surface area contributed by atoms with Crippen LogP contribution in [0.2, 0.25) is 0 Å². The zero-order valence-corrected chi connectivity index (χ0v) is 12.7. The molecular formula is C17H19N3O2. The maximum absolute atomic E-state index is 8.82. The van der Waals surface area contributed by atoms with Gasteiger partial charge in [0.15, 0.2) is 11.5 Å². The van der Waals surface area contributed by atoms with E-state index in [1.807, 2.05) is 24.3 Å². The van der Waals surface area contributed by atoms with E-state index in [0.29, 0.717) is 11.3 Å². The summed E-state index contributed by atoms with van der Waals surface area (Å²) in [7, 11) is 3.24. The third-order valence-electron chi connectivity index (χ3n) is 3.36. The number of benzene rings is 2. The molecule has 0 heterocycles. The van der Waals surface area contributed by atoms with Gasteiger partial charge in [-0.2, -0.15) is 5.26 Å². The van der Waals surface area contributed by atoms with E-state index in [-0.39, 0.29) is 0 Å². The molecule has 0 saturated heterocycles. The lowest BCUT2D eigenvalue weighted by molar-refractivity contribution is 0.354. The summed E-state index contributed by atoms with van der Waals surface area (Å²) in [5.41, 5.74) is 9.01. The van der Waals surface area contributed by atoms with Crippen molar-refractivity contribution in [3.8, 4) is 17.6 Å². The van der Waals surface area contributed by atoms with E-state index in [1.54, 1.807) is 26.4 Å². The van der Waals surface area contributed by atoms with Gasteiger partial charge in [-0.3, -0.25) is 0 Å². The van der Waals surface area contributed by atoms with Crippen LogP contribution in [0.25, 0.3) is 0 Å². The highest BCUT2D eigenvalue weighted by Crippen LogP contribution is 2.27. The fourth-order valence-corrected chi connectivity index (χ4v) is 2.17. The quantitative estimate of drug-likeness (QED) is 0.801. The van der Waals surface area contributed by atoms with E-state index in [9.17, 15) is 0 Å². The molecule has 2 aromatic carbocycles. The van der Waals surface area contributed by atoms with Crippen LogP contribution in [0.15, 0.2) is 36.4 Å². The van der Waals surface area contributed by atoms with Crippen LogP contribution in [0, 0.1) is 11.3 Å². The Labute approximate surface area is 130 Å². The number of rotatable bonds is 6. The van der Waals surface area contributed by atoms with Crippen LogP contribution in [-0.4, -0.2) is 20.8 Å². The largest absolute Gasteiger partial charge is 0.493 e. The zero-order chi connectivity index (χ0) is 15.9. The molecule has 0 aliphatic heterocycles. The molecule has 0 saturated carbocycles. The van der Waals surface area contributed by atoms with Crippen molar-refractivity contribution in [2.75, 3.05) is 31.8 Å². The van der Waals surface area contributed by atoms with Crippen LogP contribution in [0.5, 0.6) is 11.5 Å². The molecule has 3 N–H and O–H groups in total. The first-order valence-corrected chi connectivity index (χ1v) is 6.92. The Morgan fingerprint density at radius 3 is 2.50 bits per heavy atom. The van der Waals surface area contributed by atoms with E-state index in [0.717, 1.165) is 35.7 Å². The maximum Gasteiger partial charge on any atom is 0.160 e. The van der Waals surface area contributed by atoms with Gasteiger partial charge in [0.2, 0.25) is 0 Å². The smallest absolute Gasteiger partial charge is 0.160 e. The highest BCUT2D eigenvalue weighted by atomic mass is 16.5. The Kier molecular flexibility index (Phi) is 5.10. The Morgan fingerprint density at radius 2 is 1.86 bits per heavy atom. The van der Waals surface area contributed by atoms with Crippen molar-refractivity contribution in [3.05, 3.63) is 47.5 Å². The van der Waals surface area contributed by atoms with Crippen LogP contribution in [-0.2, 0) is 6.42 Å². The molecule has 0 bridgehead atoms. The van der Waals surface area contributed by atoms with Crippen molar-refractivity contribution in [1.29, 1.82) is 5.26 Å². The summed E-state index contributed by atoms with van der Waals surface area (Å²) in [6.45, 7) is 0.728. The number of nitrogens with two attached hydrogens (primary N) is 1. The molecule has 22 heavy (non-hydrogen) atoms. The molecule has 0 unspecified atom stereocenters. The number of nitrogens with one attached hydrogen (secondary N) is 1. The number of anilines is 2. The average Bonchev–Trinajstić information content (AvgIpc) is 2.56. The molecule has 2 aromatic rings. The third-order valence-corrected chi connectivity index (χ3v) is 3.36. The van der Waals surface area contributed by atoms with Crippen LogP contribution in [0.4, 0.5) is 11.4 Å². The van der Waals surface area contributed by atoms with Crippen LogP contribution < -0.4 is 20.5 Å². The van der Waals surface area contributed by atoms with Gasteiger partial charge in [0.1, 0.15) is 0 Å². The Balaban J connectivity index is 1.98. The van der Waals surface area contributed by atoms with Crippen molar-refractivity contribution in [3.63, 3.8) is 0 Å². The van der Waals surface area contributed by atoms with Crippen molar-refractivity contribution >= 4 is 11.4 Å². The first-order chi connectivity index (χ1) is 10.7. The molecule has 0 aliphatic rings. The van der Waals surface area contributed by atoms with E-state index < -0.39 is 0 Å². The summed E-state index contributed by atoms with van der Waals surface area (Å²) in [6, 6.07) is 13.2. The van der Waals surface area contributed by atoms with Gasteiger partial charge >= 0.3 is 0 Å². The van der Waals surface area contributed by atoms with Crippen LogP contribution >= 0.6 is 0 Å². The van der Waals surface area contributed by atoms with Crippen molar-refractivity contribution in [2.45, 2.75) is 6.42 Å². The van der Waals surface area contributed by atoms with Crippen molar-refractivity contribution < 1.29 is 9.47 Å². The van der Waals surface area contributed by atoms with Gasteiger partial charge in [-0.1, -0.05) is 6.07 Å². The Hall–Kier alpha value is -2.87. The molecule has 0 radical (unpaired) electrons. The molecule has 0 fully saturated rings. The van der Waals surface area contributed by atoms with Gasteiger partial charge in [-0.15, -0.1) is 0 Å². The summed E-state index contributed by atoms with van der Waals surface area (Å²) in [4.78, 5) is 0. The molecule has 114 valence electrons. The second-order valence-electron chi connectivity index (χ2n) is 4.78. The fourth-order valence-electron chi connectivity index (χ4n) is 2.17. The molecule has 0 spiro atoms. The second kappa shape index (κ2) is 7.23. The number of nitrogens with zero attached hydrogens (tertiary/aromatic N) is 1. The number of hydrogen-bond donors (Lipinski definition) is 2. The van der Waals surface area contributed by atoms with Crippen molar-refractivity contribution in [1.82, 2.24) is 0 Å². The molecule has 5 heteroatoms. The topological polar surface area (TPSA) is 80.3 Å². The van der Waals surface area contributed by atoms with Gasteiger partial charge < -0.3 is 20.5 Å². The molecule has 0 amide bonds. The average molecular weight is 297 g/mol. The maximum atomic E-state index is 8.82. The van der Waals surface area contributed by atoms with Gasteiger partial charge in [0, 0.05) is 6.54 Å². The monoisotopic (exact) mass is 297 g/mol. The number of nitriles is 1.